The van der Waals surface area contributed by atoms with Crippen molar-refractivity contribution in [2.45, 2.75) is 0 Å². The van der Waals surface area contributed by atoms with Crippen LogP contribution in [0, 0.1) is 5.41 Å². The number of halogens is 1. The van der Waals surface area contributed by atoms with Gasteiger partial charge in [-0.25, -0.2) is 9.67 Å². The first-order valence-corrected chi connectivity index (χ1v) is 4.55. The zero-order valence-electron chi connectivity index (χ0n) is 7.68. The Morgan fingerprint density at radius 2 is 2.27 bits per heavy atom. The molecule has 2 rings (SSSR count). The minimum Gasteiger partial charge on any atom is -0.384 e. The van der Waals surface area contributed by atoms with Gasteiger partial charge < -0.3 is 5.73 Å². The molecule has 0 atom stereocenters. The van der Waals surface area contributed by atoms with Gasteiger partial charge in [-0.15, -0.1) is 0 Å². The van der Waals surface area contributed by atoms with Gasteiger partial charge in [0, 0.05) is 5.56 Å². The van der Waals surface area contributed by atoms with E-state index in [0.29, 0.717) is 16.3 Å². The lowest BCUT2D eigenvalue weighted by molar-refractivity contribution is 0.879. The largest absolute Gasteiger partial charge is 0.384 e. The second kappa shape index (κ2) is 3.70. The van der Waals surface area contributed by atoms with E-state index in [0.717, 1.165) is 0 Å². The van der Waals surface area contributed by atoms with Crippen molar-refractivity contribution in [3.63, 3.8) is 0 Å². The van der Waals surface area contributed by atoms with Gasteiger partial charge in [-0.2, -0.15) is 5.10 Å². The highest BCUT2D eigenvalue weighted by Crippen LogP contribution is 2.20. The van der Waals surface area contributed by atoms with Crippen LogP contribution in [-0.2, 0) is 0 Å². The quantitative estimate of drug-likeness (QED) is 0.591. The topological polar surface area (TPSA) is 80.6 Å². The van der Waals surface area contributed by atoms with Crippen LogP contribution in [0.5, 0.6) is 0 Å². The van der Waals surface area contributed by atoms with Gasteiger partial charge in [-0.1, -0.05) is 11.6 Å². The van der Waals surface area contributed by atoms with Crippen molar-refractivity contribution in [2.24, 2.45) is 5.73 Å². The Balaban J connectivity index is 2.48. The van der Waals surface area contributed by atoms with E-state index < -0.39 is 0 Å². The number of nitrogens with zero attached hydrogens (tertiary/aromatic N) is 3. The standard InChI is InChI=1S/C9H8ClN5/c10-7-3-6(9(11)12)1-2-8(7)15-5-13-4-14-15/h1-5H,(H3,11,12). The number of hydrogen-bond donors (Lipinski definition) is 2. The molecule has 0 unspecified atom stereocenters. The molecule has 2 aromatic rings. The fourth-order valence-corrected chi connectivity index (χ4v) is 1.46. The summed E-state index contributed by atoms with van der Waals surface area (Å²) in [6, 6.07) is 5.08. The summed E-state index contributed by atoms with van der Waals surface area (Å²) in [5.74, 6) is -0.0120. The van der Waals surface area contributed by atoms with E-state index in [1.54, 1.807) is 29.2 Å². The molecule has 6 heteroatoms. The van der Waals surface area contributed by atoms with Crippen LogP contribution < -0.4 is 5.73 Å². The lowest BCUT2D eigenvalue weighted by Gasteiger charge is -2.05. The molecule has 0 spiro atoms. The number of amidine groups is 1. The van der Waals surface area contributed by atoms with Crippen molar-refractivity contribution in [2.75, 3.05) is 0 Å². The molecule has 0 bridgehead atoms. The minimum absolute atomic E-state index is 0.0120. The predicted octanol–water partition coefficient (Wildman–Crippen LogP) is 1.20. The Bertz CT molecular complexity index is 491. The molecule has 76 valence electrons. The maximum atomic E-state index is 7.26. The van der Waals surface area contributed by atoms with E-state index in [-0.39, 0.29) is 5.84 Å². The third-order valence-corrected chi connectivity index (χ3v) is 2.23. The molecule has 0 aliphatic heterocycles. The second-order valence-electron chi connectivity index (χ2n) is 2.92. The number of nitrogen functional groups attached to an aromatic ring is 1. The molecule has 1 aromatic heterocycles. The van der Waals surface area contributed by atoms with Crippen LogP contribution in [0.3, 0.4) is 0 Å². The monoisotopic (exact) mass is 221 g/mol. The molecule has 15 heavy (non-hydrogen) atoms. The van der Waals surface area contributed by atoms with Crippen molar-refractivity contribution in [3.8, 4) is 5.69 Å². The summed E-state index contributed by atoms with van der Waals surface area (Å²) in [6.07, 6.45) is 2.98. The molecule has 0 amide bonds. The van der Waals surface area contributed by atoms with E-state index >= 15 is 0 Å². The molecule has 3 N–H and O–H groups in total. The average Bonchev–Trinajstić information content (AvgIpc) is 2.70. The van der Waals surface area contributed by atoms with Crippen LogP contribution in [0.4, 0.5) is 0 Å². The maximum Gasteiger partial charge on any atom is 0.138 e. The van der Waals surface area contributed by atoms with E-state index in [1.807, 2.05) is 0 Å². The summed E-state index contributed by atoms with van der Waals surface area (Å²) >= 11 is 6.02. The predicted molar refractivity (Wildman–Crippen MR) is 57.4 cm³/mol. The van der Waals surface area contributed by atoms with Gasteiger partial charge in [0.25, 0.3) is 0 Å². The number of nitrogens with one attached hydrogen (secondary N) is 1. The lowest BCUT2D eigenvalue weighted by atomic mass is 10.2. The van der Waals surface area contributed by atoms with E-state index in [4.69, 9.17) is 22.7 Å². The number of rotatable bonds is 2. The first-order valence-electron chi connectivity index (χ1n) is 4.17. The summed E-state index contributed by atoms with van der Waals surface area (Å²) in [4.78, 5) is 3.82. The zero-order valence-corrected chi connectivity index (χ0v) is 8.44. The van der Waals surface area contributed by atoms with Crippen molar-refractivity contribution in [1.82, 2.24) is 14.8 Å². The van der Waals surface area contributed by atoms with E-state index in [1.165, 1.54) is 6.33 Å². The van der Waals surface area contributed by atoms with Gasteiger partial charge in [-0.3, -0.25) is 5.41 Å². The molecule has 0 radical (unpaired) electrons. The Morgan fingerprint density at radius 1 is 1.47 bits per heavy atom. The summed E-state index contributed by atoms with van der Waals surface area (Å²) in [5, 5.41) is 11.7. The number of hydrogen-bond acceptors (Lipinski definition) is 3. The molecule has 5 nitrogen and oxygen atoms in total. The normalized spacial score (nSPS) is 10.2. The van der Waals surface area contributed by atoms with Crippen LogP contribution in [0.25, 0.3) is 5.69 Å². The number of nitrogens with two attached hydrogens (primary N) is 1. The van der Waals surface area contributed by atoms with Crippen molar-refractivity contribution < 1.29 is 0 Å². The Kier molecular flexibility index (Phi) is 2.39. The third kappa shape index (κ3) is 1.82. The van der Waals surface area contributed by atoms with Crippen LogP contribution >= 0.6 is 11.6 Å². The number of aromatic nitrogens is 3. The minimum atomic E-state index is -0.0120. The van der Waals surface area contributed by atoms with E-state index in [2.05, 4.69) is 10.1 Å². The number of benzene rings is 1. The highest BCUT2D eigenvalue weighted by atomic mass is 35.5. The molecule has 0 saturated carbocycles. The molecule has 1 aromatic carbocycles. The molecule has 0 fully saturated rings. The molecular formula is C9H8ClN5. The van der Waals surface area contributed by atoms with Crippen LogP contribution in [0.1, 0.15) is 5.56 Å². The van der Waals surface area contributed by atoms with Crippen LogP contribution in [-0.4, -0.2) is 20.6 Å². The highest BCUT2D eigenvalue weighted by molar-refractivity contribution is 6.32. The smallest absolute Gasteiger partial charge is 0.138 e. The molecule has 0 saturated heterocycles. The van der Waals surface area contributed by atoms with E-state index in [9.17, 15) is 0 Å². The first kappa shape index (κ1) is 9.67. The van der Waals surface area contributed by atoms with Crippen molar-refractivity contribution >= 4 is 17.4 Å². The maximum absolute atomic E-state index is 7.26. The molecule has 0 aliphatic carbocycles. The molecular weight excluding hydrogens is 214 g/mol. The second-order valence-corrected chi connectivity index (χ2v) is 3.33. The highest BCUT2D eigenvalue weighted by Gasteiger charge is 2.05. The van der Waals surface area contributed by atoms with Crippen molar-refractivity contribution in [3.05, 3.63) is 41.4 Å². The third-order valence-electron chi connectivity index (χ3n) is 1.92. The summed E-state index contributed by atoms with van der Waals surface area (Å²) < 4.78 is 1.55. The van der Waals surface area contributed by atoms with Gasteiger partial charge in [0.05, 0.1) is 10.7 Å². The fraction of sp³-hybridized carbons (Fsp3) is 0. The van der Waals surface area contributed by atoms with Gasteiger partial charge in [0.15, 0.2) is 0 Å². The summed E-state index contributed by atoms with van der Waals surface area (Å²) in [5.41, 5.74) is 6.64. The fourth-order valence-electron chi connectivity index (χ4n) is 1.19. The zero-order chi connectivity index (χ0) is 10.8. The Hall–Kier alpha value is -1.88. The molecule has 1 heterocycles. The Labute approximate surface area is 91.0 Å². The van der Waals surface area contributed by atoms with Gasteiger partial charge >= 0.3 is 0 Å². The lowest BCUT2D eigenvalue weighted by Crippen LogP contribution is -2.11. The average molecular weight is 222 g/mol. The summed E-state index contributed by atoms with van der Waals surface area (Å²) in [6.45, 7) is 0. The SMILES string of the molecule is N=C(N)c1ccc(-n2cncn2)c(Cl)c1. The van der Waals surface area contributed by atoms with Gasteiger partial charge in [-0.05, 0) is 18.2 Å². The summed E-state index contributed by atoms with van der Waals surface area (Å²) in [7, 11) is 0. The van der Waals surface area contributed by atoms with Gasteiger partial charge in [0.1, 0.15) is 18.5 Å². The van der Waals surface area contributed by atoms with Gasteiger partial charge in [0.2, 0.25) is 0 Å². The van der Waals surface area contributed by atoms with Crippen molar-refractivity contribution in [1.29, 1.82) is 5.41 Å². The van der Waals surface area contributed by atoms with Crippen LogP contribution in [0.2, 0.25) is 5.02 Å². The first-order chi connectivity index (χ1) is 7.18. The molecule has 0 aliphatic rings. The Morgan fingerprint density at radius 3 is 2.80 bits per heavy atom. The van der Waals surface area contributed by atoms with Crippen LogP contribution in [0.15, 0.2) is 30.9 Å².